The van der Waals surface area contributed by atoms with Gasteiger partial charge in [-0.05, 0) is 61.6 Å². The molecule has 0 atom stereocenters. The third-order valence-corrected chi connectivity index (χ3v) is 5.99. The molecule has 0 bridgehead atoms. The molecule has 0 unspecified atom stereocenters. The normalized spacial score (nSPS) is 10.6. The van der Waals surface area contributed by atoms with Gasteiger partial charge in [0.1, 0.15) is 10.8 Å². The summed E-state index contributed by atoms with van der Waals surface area (Å²) in [6.45, 7) is 2.36. The number of nitrogens with zero attached hydrogens (tertiary/aromatic N) is 1. The number of hydrogen-bond acceptors (Lipinski definition) is 5. The first-order chi connectivity index (χ1) is 15.0. The lowest BCUT2D eigenvalue weighted by Gasteiger charge is -2.13. The van der Waals surface area contributed by atoms with Gasteiger partial charge in [0.15, 0.2) is 5.11 Å². The second kappa shape index (κ2) is 9.43. The summed E-state index contributed by atoms with van der Waals surface area (Å²) in [6.07, 6.45) is 0. The molecule has 4 aromatic rings. The summed E-state index contributed by atoms with van der Waals surface area (Å²) in [5, 5.41) is 7.23. The highest BCUT2D eigenvalue weighted by Gasteiger charge is 2.14. The maximum absolute atomic E-state index is 12.6. The van der Waals surface area contributed by atoms with Gasteiger partial charge in [-0.1, -0.05) is 35.9 Å². The number of carbonyl (C=O) groups is 1. The lowest BCUT2D eigenvalue weighted by molar-refractivity contribution is 0.0977. The molecule has 156 valence electrons. The molecule has 1 aromatic heterocycles. The molecule has 8 heteroatoms. The number of halogens is 1. The molecular formula is C23H18ClN3O2S2. The number of ether oxygens (including phenoxy) is 1. The number of aromatic nitrogens is 1. The predicted octanol–water partition coefficient (Wildman–Crippen LogP) is 6.14. The first kappa shape index (κ1) is 21.2. The summed E-state index contributed by atoms with van der Waals surface area (Å²) in [5.74, 6) is 0.172. The molecule has 0 saturated heterocycles. The van der Waals surface area contributed by atoms with E-state index in [-0.39, 0.29) is 11.0 Å². The summed E-state index contributed by atoms with van der Waals surface area (Å²) < 4.78 is 6.51. The third-order valence-electron chi connectivity index (χ3n) is 4.42. The van der Waals surface area contributed by atoms with Crippen molar-refractivity contribution >= 4 is 62.1 Å². The van der Waals surface area contributed by atoms with Crippen molar-refractivity contribution in [3.8, 4) is 16.3 Å². The molecule has 5 nitrogen and oxygen atoms in total. The van der Waals surface area contributed by atoms with Gasteiger partial charge in [0.2, 0.25) is 0 Å². The second-order valence-corrected chi connectivity index (χ2v) is 8.36. The van der Waals surface area contributed by atoms with Gasteiger partial charge in [-0.3, -0.25) is 10.1 Å². The summed E-state index contributed by atoms with van der Waals surface area (Å²) >= 11 is 13.2. The van der Waals surface area contributed by atoms with Crippen LogP contribution in [0, 0.1) is 0 Å². The van der Waals surface area contributed by atoms with Crippen LogP contribution in [0.15, 0.2) is 66.7 Å². The van der Waals surface area contributed by atoms with E-state index in [0.717, 1.165) is 26.5 Å². The number of nitrogens with one attached hydrogen (secondary N) is 2. The van der Waals surface area contributed by atoms with E-state index < -0.39 is 0 Å². The minimum atomic E-state index is -0.361. The fourth-order valence-electron chi connectivity index (χ4n) is 3.01. The van der Waals surface area contributed by atoms with Crippen molar-refractivity contribution in [2.45, 2.75) is 6.92 Å². The van der Waals surface area contributed by atoms with E-state index in [4.69, 9.17) is 33.5 Å². The Bertz CT molecular complexity index is 1240. The van der Waals surface area contributed by atoms with Crippen LogP contribution in [0.2, 0.25) is 5.02 Å². The van der Waals surface area contributed by atoms with Gasteiger partial charge in [0.25, 0.3) is 5.91 Å². The molecule has 0 aliphatic rings. The number of thiazole rings is 1. The van der Waals surface area contributed by atoms with Gasteiger partial charge < -0.3 is 10.1 Å². The van der Waals surface area contributed by atoms with Crippen LogP contribution in [0.5, 0.6) is 5.75 Å². The Morgan fingerprint density at radius 1 is 1.13 bits per heavy atom. The van der Waals surface area contributed by atoms with Crippen molar-refractivity contribution < 1.29 is 9.53 Å². The Balaban J connectivity index is 1.50. The van der Waals surface area contributed by atoms with Crippen LogP contribution in [0.4, 0.5) is 5.69 Å². The quantitative estimate of drug-likeness (QED) is 0.345. The fraction of sp³-hybridized carbons (Fsp3) is 0.0870. The van der Waals surface area contributed by atoms with Crippen molar-refractivity contribution in [3.05, 3.63) is 77.3 Å². The highest BCUT2D eigenvalue weighted by atomic mass is 35.5. The molecular weight excluding hydrogens is 450 g/mol. The van der Waals surface area contributed by atoms with Crippen LogP contribution < -0.4 is 15.4 Å². The van der Waals surface area contributed by atoms with E-state index >= 15 is 0 Å². The van der Waals surface area contributed by atoms with Crippen LogP contribution >= 0.6 is 35.2 Å². The van der Waals surface area contributed by atoms with E-state index in [1.807, 2.05) is 55.5 Å². The highest BCUT2D eigenvalue weighted by Crippen LogP contribution is 2.34. The average Bonchev–Trinajstić information content (AvgIpc) is 3.19. The molecule has 0 aliphatic carbocycles. The Morgan fingerprint density at radius 3 is 2.68 bits per heavy atom. The number of thiocarbonyl (C=S) groups is 1. The van der Waals surface area contributed by atoms with Crippen LogP contribution in [0.25, 0.3) is 20.8 Å². The number of anilines is 1. The number of para-hydroxylation sites is 2. The zero-order valence-corrected chi connectivity index (χ0v) is 18.9. The number of rotatable bonds is 5. The maximum atomic E-state index is 12.6. The van der Waals surface area contributed by atoms with Crippen molar-refractivity contribution in [2.24, 2.45) is 0 Å². The Kier molecular flexibility index (Phi) is 6.46. The van der Waals surface area contributed by atoms with Gasteiger partial charge in [-0.25, -0.2) is 4.98 Å². The second-order valence-electron chi connectivity index (χ2n) is 6.52. The zero-order valence-electron chi connectivity index (χ0n) is 16.5. The zero-order chi connectivity index (χ0) is 21.8. The van der Waals surface area contributed by atoms with Gasteiger partial charge in [0.05, 0.1) is 27.5 Å². The molecule has 1 amide bonds. The summed E-state index contributed by atoms with van der Waals surface area (Å²) in [7, 11) is 0. The number of benzene rings is 3. The first-order valence-corrected chi connectivity index (χ1v) is 11.1. The molecule has 0 aliphatic heterocycles. The number of hydrogen-bond donors (Lipinski definition) is 2. The summed E-state index contributed by atoms with van der Waals surface area (Å²) in [4.78, 5) is 17.3. The van der Waals surface area contributed by atoms with Gasteiger partial charge >= 0.3 is 0 Å². The largest absolute Gasteiger partial charge is 0.492 e. The maximum Gasteiger partial charge on any atom is 0.257 e. The number of amides is 1. The molecule has 0 spiro atoms. The highest BCUT2D eigenvalue weighted by molar-refractivity contribution is 7.80. The standard InChI is InChI=1S/C23H18ClN3O2S2/c1-2-29-19-12-11-14(13-16(19)24)21(28)27-23(30)26-17-8-4-3-7-15(17)22-25-18-9-5-6-10-20(18)31-22/h3-13H,2H2,1H3,(H2,26,27,28,30). The molecule has 0 fully saturated rings. The summed E-state index contributed by atoms with van der Waals surface area (Å²) in [5.41, 5.74) is 3.00. The van der Waals surface area contributed by atoms with Crippen LogP contribution in [0.1, 0.15) is 17.3 Å². The third kappa shape index (κ3) is 4.85. The Morgan fingerprint density at radius 2 is 1.90 bits per heavy atom. The number of carbonyl (C=O) groups excluding carboxylic acids is 1. The van der Waals surface area contributed by atoms with Crippen LogP contribution in [0.3, 0.4) is 0 Å². The van der Waals surface area contributed by atoms with Crippen LogP contribution in [-0.4, -0.2) is 22.6 Å². The molecule has 1 heterocycles. The van der Waals surface area contributed by atoms with E-state index in [1.54, 1.807) is 29.5 Å². The molecule has 4 rings (SSSR count). The topological polar surface area (TPSA) is 63.2 Å². The smallest absolute Gasteiger partial charge is 0.257 e. The van der Waals surface area contributed by atoms with Gasteiger partial charge in [-0.15, -0.1) is 11.3 Å². The first-order valence-electron chi connectivity index (χ1n) is 9.55. The Hall–Kier alpha value is -3.00. The minimum absolute atomic E-state index is 0.184. The molecule has 0 radical (unpaired) electrons. The molecule has 3 aromatic carbocycles. The van der Waals surface area contributed by atoms with Gasteiger partial charge in [0, 0.05) is 11.1 Å². The Labute approximate surface area is 194 Å². The lowest BCUT2D eigenvalue weighted by Crippen LogP contribution is -2.34. The molecule has 31 heavy (non-hydrogen) atoms. The molecule has 2 N–H and O–H groups in total. The van der Waals surface area contributed by atoms with Gasteiger partial charge in [-0.2, -0.15) is 0 Å². The lowest BCUT2D eigenvalue weighted by atomic mass is 10.2. The summed E-state index contributed by atoms with van der Waals surface area (Å²) in [6, 6.07) is 20.6. The van der Waals surface area contributed by atoms with Crippen molar-refractivity contribution in [1.82, 2.24) is 10.3 Å². The van der Waals surface area contributed by atoms with E-state index in [9.17, 15) is 4.79 Å². The SMILES string of the molecule is CCOc1ccc(C(=O)NC(=S)Nc2ccccc2-c2nc3ccccc3s2)cc1Cl. The van der Waals surface area contributed by atoms with Crippen molar-refractivity contribution in [2.75, 3.05) is 11.9 Å². The monoisotopic (exact) mass is 467 g/mol. The van der Waals surface area contributed by atoms with E-state index in [2.05, 4.69) is 10.6 Å². The number of fused-ring (bicyclic) bond motifs is 1. The predicted molar refractivity (Wildman–Crippen MR) is 131 cm³/mol. The minimum Gasteiger partial charge on any atom is -0.492 e. The van der Waals surface area contributed by atoms with E-state index in [0.29, 0.717) is 22.9 Å². The molecule has 0 saturated carbocycles. The van der Waals surface area contributed by atoms with Crippen LogP contribution in [-0.2, 0) is 0 Å². The van der Waals surface area contributed by atoms with Crippen molar-refractivity contribution in [3.63, 3.8) is 0 Å². The van der Waals surface area contributed by atoms with E-state index in [1.165, 1.54) is 0 Å². The van der Waals surface area contributed by atoms with Crippen molar-refractivity contribution in [1.29, 1.82) is 0 Å². The fourth-order valence-corrected chi connectivity index (χ4v) is 4.45. The average molecular weight is 468 g/mol.